The zero-order valence-electron chi connectivity index (χ0n) is 9.30. The molecule has 4 nitrogen and oxygen atoms in total. The Morgan fingerprint density at radius 2 is 1.64 bits per heavy atom. The molecule has 2 amide bonds. The van der Waals surface area contributed by atoms with Gasteiger partial charge in [-0.2, -0.15) is 0 Å². The van der Waals surface area contributed by atoms with Gasteiger partial charge in [0.25, 0.3) is 0 Å². The predicted octanol–water partition coefficient (Wildman–Crippen LogP) is 0.771. The van der Waals surface area contributed by atoms with Crippen LogP contribution in [0.4, 0.5) is 0 Å². The van der Waals surface area contributed by atoms with Gasteiger partial charge in [0, 0.05) is 32.5 Å². The summed E-state index contributed by atoms with van der Waals surface area (Å²) >= 11 is 0. The fourth-order valence-corrected chi connectivity index (χ4v) is 1.24. The van der Waals surface area contributed by atoms with Crippen molar-refractivity contribution in [2.75, 3.05) is 19.6 Å². The molecule has 82 valence electrons. The van der Waals surface area contributed by atoms with Crippen molar-refractivity contribution >= 4 is 11.8 Å². The highest BCUT2D eigenvalue weighted by Gasteiger charge is 2.10. The monoisotopic (exact) mass is 200 g/mol. The highest BCUT2D eigenvalue weighted by Crippen LogP contribution is 1.97. The SMILES string of the molecule is CCNC(=O)CCC(=O)N(CC)CC. The highest BCUT2D eigenvalue weighted by molar-refractivity contribution is 5.83. The zero-order valence-corrected chi connectivity index (χ0v) is 9.30. The summed E-state index contributed by atoms with van der Waals surface area (Å²) in [5.74, 6) is 0.00857. The molecule has 4 heteroatoms. The second-order valence-corrected chi connectivity index (χ2v) is 3.02. The average Bonchev–Trinajstić information content (AvgIpc) is 2.17. The lowest BCUT2D eigenvalue weighted by molar-refractivity contribution is -0.133. The van der Waals surface area contributed by atoms with Crippen LogP contribution in [0.3, 0.4) is 0 Å². The van der Waals surface area contributed by atoms with Crippen LogP contribution in [0.2, 0.25) is 0 Å². The van der Waals surface area contributed by atoms with Crippen LogP contribution in [0.15, 0.2) is 0 Å². The third-order valence-corrected chi connectivity index (χ3v) is 2.06. The third kappa shape index (κ3) is 4.84. The molecule has 0 aromatic carbocycles. The topological polar surface area (TPSA) is 49.4 Å². The van der Waals surface area contributed by atoms with Crippen LogP contribution in [0, 0.1) is 0 Å². The summed E-state index contributed by atoms with van der Waals surface area (Å²) in [5, 5.41) is 2.67. The Labute approximate surface area is 85.7 Å². The van der Waals surface area contributed by atoms with Crippen LogP contribution in [-0.4, -0.2) is 36.3 Å². The van der Waals surface area contributed by atoms with Gasteiger partial charge in [-0.15, -0.1) is 0 Å². The fourth-order valence-electron chi connectivity index (χ4n) is 1.24. The summed E-state index contributed by atoms with van der Waals surface area (Å²) in [5.41, 5.74) is 0. The van der Waals surface area contributed by atoms with Gasteiger partial charge in [0.05, 0.1) is 0 Å². The first kappa shape index (κ1) is 12.9. The Kier molecular flexibility index (Phi) is 6.80. The van der Waals surface area contributed by atoms with Gasteiger partial charge >= 0.3 is 0 Å². The van der Waals surface area contributed by atoms with Crippen LogP contribution >= 0.6 is 0 Å². The first-order valence-corrected chi connectivity index (χ1v) is 5.20. The fraction of sp³-hybridized carbons (Fsp3) is 0.800. The minimum absolute atomic E-state index is 0.0481. The minimum Gasteiger partial charge on any atom is -0.356 e. The first-order chi connectivity index (χ1) is 6.65. The van der Waals surface area contributed by atoms with Gasteiger partial charge in [-0.25, -0.2) is 0 Å². The van der Waals surface area contributed by atoms with E-state index in [0.29, 0.717) is 32.5 Å². The van der Waals surface area contributed by atoms with Crippen molar-refractivity contribution in [2.24, 2.45) is 0 Å². The smallest absolute Gasteiger partial charge is 0.223 e. The van der Waals surface area contributed by atoms with Crippen LogP contribution in [0.25, 0.3) is 0 Å². The number of nitrogens with one attached hydrogen (secondary N) is 1. The molecule has 14 heavy (non-hydrogen) atoms. The van der Waals surface area contributed by atoms with Crippen molar-refractivity contribution in [1.82, 2.24) is 10.2 Å². The van der Waals surface area contributed by atoms with Gasteiger partial charge in [0.1, 0.15) is 0 Å². The number of rotatable bonds is 6. The van der Waals surface area contributed by atoms with E-state index >= 15 is 0 Å². The second-order valence-electron chi connectivity index (χ2n) is 3.02. The number of carbonyl (C=O) groups excluding carboxylic acids is 2. The van der Waals surface area contributed by atoms with Gasteiger partial charge < -0.3 is 10.2 Å². The maximum Gasteiger partial charge on any atom is 0.223 e. The van der Waals surface area contributed by atoms with Gasteiger partial charge in [-0.05, 0) is 20.8 Å². The van der Waals surface area contributed by atoms with E-state index in [1.807, 2.05) is 20.8 Å². The molecule has 0 bridgehead atoms. The quantitative estimate of drug-likeness (QED) is 0.688. The Morgan fingerprint density at radius 1 is 1.07 bits per heavy atom. The van der Waals surface area contributed by atoms with Crippen molar-refractivity contribution in [3.8, 4) is 0 Å². The maximum atomic E-state index is 11.5. The van der Waals surface area contributed by atoms with Crippen LogP contribution in [0.1, 0.15) is 33.6 Å². The van der Waals surface area contributed by atoms with Crippen LogP contribution < -0.4 is 5.32 Å². The molecule has 0 aliphatic rings. The maximum absolute atomic E-state index is 11.5. The standard InChI is InChI=1S/C10H20N2O2/c1-4-11-9(13)7-8-10(14)12(5-2)6-3/h4-8H2,1-3H3,(H,11,13). The molecule has 0 fully saturated rings. The molecule has 1 N–H and O–H groups in total. The lowest BCUT2D eigenvalue weighted by Gasteiger charge is -2.18. The van der Waals surface area contributed by atoms with Crippen molar-refractivity contribution in [1.29, 1.82) is 0 Å². The Bertz CT molecular complexity index is 189. The second kappa shape index (κ2) is 7.35. The van der Waals surface area contributed by atoms with E-state index in [1.54, 1.807) is 4.90 Å². The summed E-state index contributed by atoms with van der Waals surface area (Å²) in [4.78, 5) is 24.3. The molecule has 0 saturated heterocycles. The molecule has 0 atom stereocenters. The molecule has 0 radical (unpaired) electrons. The number of hydrogen-bond acceptors (Lipinski definition) is 2. The Balaban J connectivity index is 3.77. The summed E-state index contributed by atoms with van der Waals surface area (Å²) in [6.45, 7) is 7.79. The zero-order chi connectivity index (χ0) is 11.0. The van der Waals surface area contributed by atoms with Crippen molar-refractivity contribution in [2.45, 2.75) is 33.6 Å². The number of hydrogen-bond donors (Lipinski definition) is 1. The molecule has 0 aromatic rings. The molecule has 0 unspecified atom stereocenters. The number of amides is 2. The van der Waals surface area contributed by atoms with Crippen LogP contribution in [0.5, 0.6) is 0 Å². The molecule has 0 saturated carbocycles. The molecule has 0 spiro atoms. The van der Waals surface area contributed by atoms with E-state index < -0.39 is 0 Å². The van der Waals surface area contributed by atoms with Gasteiger partial charge in [0.2, 0.25) is 11.8 Å². The molecule has 0 rings (SSSR count). The summed E-state index contributed by atoms with van der Waals surface area (Å²) in [7, 11) is 0. The van der Waals surface area contributed by atoms with Crippen molar-refractivity contribution in [3.05, 3.63) is 0 Å². The minimum atomic E-state index is -0.0481. The molecule has 0 heterocycles. The summed E-state index contributed by atoms with van der Waals surface area (Å²) in [6, 6.07) is 0. The Hall–Kier alpha value is -1.06. The molecule has 0 aliphatic carbocycles. The first-order valence-electron chi connectivity index (χ1n) is 5.20. The molecule has 0 aromatic heterocycles. The third-order valence-electron chi connectivity index (χ3n) is 2.06. The lowest BCUT2D eigenvalue weighted by atomic mass is 10.2. The van der Waals surface area contributed by atoms with Crippen LogP contribution in [-0.2, 0) is 9.59 Å². The van der Waals surface area contributed by atoms with Crippen molar-refractivity contribution < 1.29 is 9.59 Å². The largest absolute Gasteiger partial charge is 0.356 e. The van der Waals surface area contributed by atoms with E-state index in [1.165, 1.54) is 0 Å². The molecule has 0 aliphatic heterocycles. The van der Waals surface area contributed by atoms with Crippen molar-refractivity contribution in [3.63, 3.8) is 0 Å². The van der Waals surface area contributed by atoms with E-state index in [9.17, 15) is 9.59 Å². The lowest BCUT2D eigenvalue weighted by Crippen LogP contribution is -2.32. The summed E-state index contributed by atoms with van der Waals surface area (Å²) < 4.78 is 0. The van der Waals surface area contributed by atoms with Gasteiger partial charge in [0.15, 0.2) is 0 Å². The highest BCUT2D eigenvalue weighted by atomic mass is 16.2. The normalized spacial score (nSPS) is 9.64. The van der Waals surface area contributed by atoms with Gasteiger partial charge in [-0.1, -0.05) is 0 Å². The predicted molar refractivity (Wildman–Crippen MR) is 55.8 cm³/mol. The molecular formula is C10H20N2O2. The number of nitrogens with zero attached hydrogens (tertiary/aromatic N) is 1. The average molecular weight is 200 g/mol. The number of carbonyl (C=O) groups is 2. The summed E-state index contributed by atoms with van der Waals surface area (Å²) in [6.07, 6.45) is 0.608. The van der Waals surface area contributed by atoms with E-state index in [-0.39, 0.29) is 11.8 Å². The van der Waals surface area contributed by atoms with E-state index in [4.69, 9.17) is 0 Å². The van der Waals surface area contributed by atoms with E-state index in [0.717, 1.165) is 0 Å². The Morgan fingerprint density at radius 3 is 2.07 bits per heavy atom. The molecular weight excluding hydrogens is 180 g/mol. The van der Waals surface area contributed by atoms with E-state index in [2.05, 4.69) is 5.32 Å². The van der Waals surface area contributed by atoms with Gasteiger partial charge in [-0.3, -0.25) is 9.59 Å².